The van der Waals surface area contributed by atoms with Crippen molar-refractivity contribution in [3.8, 4) is 0 Å². The summed E-state index contributed by atoms with van der Waals surface area (Å²) < 4.78 is 0. The maximum absolute atomic E-state index is 4.26. The van der Waals surface area contributed by atoms with Crippen LogP contribution in [0.5, 0.6) is 0 Å². The van der Waals surface area contributed by atoms with Crippen molar-refractivity contribution in [2.75, 3.05) is 45.2 Å². The Balaban J connectivity index is 2.04. The zero-order valence-corrected chi connectivity index (χ0v) is 13.6. The van der Waals surface area contributed by atoms with E-state index in [4.69, 9.17) is 0 Å². The van der Waals surface area contributed by atoms with Crippen LogP contribution in [-0.2, 0) is 0 Å². The lowest BCUT2D eigenvalue weighted by Gasteiger charge is -2.20. The van der Waals surface area contributed by atoms with Gasteiger partial charge in [0.1, 0.15) is 0 Å². The highest BCUT2D eigenvalue weighted by atomic mass is 32.2. The zero-order chi connectivity index (χ0) is 13.9. The van der Waals surface area contributed by atoms with Gasteiger partial charge in [0.25, 0.3) is 0 Å². The standard InChI is InChI=1S/C14H30N4S/c1-4-18(13-7-8-13)11-10-17-14(15-2)16-9-5-6-12-19-3/h13H,4-12H2,1-3H3,(H2,15,16,17). The van der Waals surface area contributed by atoms with Crippen LogP contribution in [0.25, 0.3) is 0 Å². The number of guanidine groups is 1. The highest BCUT2D eigenvalue weighted by Crippen LogP contribution is 2.25. The maximum Gasteiger partial charge on any atom is 0.191 e. The summed E-state index contributed by atoms with van der Waals surface area (Å²) >= 11 is 1.92. The van der Waals surface area contributed by atoms with Gasteiger partial charge in [0.2, 0.25) is 0 Å². The first-order chi connectivity index (χ1) is 9.31. The van der Waals surface area contributed by atoms with Gasteiger partial charge in [0.15, 0.2) is 5.96 Å². The van der Waals surface area contributed by atoms with E-state index in [0.29, 0.717) is 0 Å². The molecule has 0 radical (unpaired) electrons. The predicted octanol–water partition coefficient (Wildman–Crippen LogP) is 1.78. The van der Waals surface area contributed by atoms with Crippen molar-refractivity contribution >= 4 is 17.7 Å². The molecule has 1 saturated carbocycles. The molecule has 0 heterocycles. The number of thioether (sulfide) groups is 1. The highest BCUT2D eigenvalue weighted by Gasteiger charge is 2.27. The van der Waals surface area contributed by atoms with Crippen LogP contribution in [-0.4, -0.2) is 62.1 Å². The number of likely N-dealkylation sites (N-methyl/N-ethyl adjacent to an activating group) is 1. The molecule has 4 nitrogen and oxygen atoms in total. The summed E-state index contributed by atoms with van der Waals surface area (Å²) in [6.07, 6.45) is 7.42. The van der Waals surface area contributed by atoms with Gasteiger partial charge in [-0.15, -0.1) is 0 Å². The van der Waals surface area contributed by atoms with E-state index in [1.807, 2.05) is 18.8 Å². The lowest BCUT2D eigenvalue weighted by atomic mass is 10.3. The normalized spacial score (nSPS) is 15.9. The molecule has 19 heavy (non-hydrogen) atoms. The third-order valence-corrected chi connectivity index (χ3v) is 4.15. The average Bonchev–Trinajstić information content (AvgIpc) is 3.25. The van der Waals surface area contributed by atoms with Gasteiger partial charge in [-0.3, -0.25) is 9.89 Å². The van der Waals surface area contributed by atoms with Crippen molar-refractivity contribution in [1.82, 2.24) is 15.5 Å². The highest BCUT2D eigenvalue weighted by molar-refractivity contribution is 7.98. The van der Waals surface area contributed by atoms with Crippen molar-refractivity contribution in [3.05, 3.63) is 0 Å². The molecular formula is C14H30N4S. The lowest BCUT2D eigenvalue weighted by molar-refractivity contribution is 0.282. The number of hydrogen-bond donors (Lipinski definition) is 2. The van der Waals surface area contributed by atoms with Gasteiger partial charge in [-0.1, -0.05) is 6.92 Å². The van der Waals surface area contributed by atoms with Gasteiger partial charge >= 0.3 is 0 Å². The van der Waals surface area contributed by atoms with E-state index < -0.39 is 0 Å². The second-order valence-electron chi connectivity index (χ2n) is 4.99. The second-order valence-corrected chi connectivity index (χ2v) is 5.97. The van der Waals surface area contributed by atoms with Crippen molar-refractivity contribution in [2.45, 2.75) is 38.6 Å². The lowest BCUT2D eigenvalue weighted by Crippen LogP contribution is -2.42. The van der Waals surface area contributed by atoms with E-state index in [-0.39, 0.29) is 0 Å². The Bertz CT molecular complexity index is 254. The monoisotopic (exact) mass is 286 g/mol. The van der Waals surface area contributed by atoms with E-state index in [2.05, 4.69) is 33.7 Å². The summed E-state index contributed by atoms with van der Waals surface area (Å²) in [7, 11) is 1.84. The Morgan fingerprint density at radius 1 is 1.26 bits per heavy atom. The Morgan fingerprint density at radius 2 is 2.00 bits per heavy atom. The van der Waals surface area contributed by atoms with Crippen molar-refractivity contribution < 1.29 is 0 Å². The first kappa shape index (κ1) is 16.6. The Labute approximate surface area is 122 Å². The third kappa shape index (κ3) is 7.67. The molecule has 1 fully saturated rings. The molecular weight excluding hydrogens is 256 g/mol. The molecule has 5 heteroatoms. The van der Waals surface area contributed by atoms with Crippen LogP contribution in [0.1, 0.15) is 32.6 Å². The van der Waals surface area contributed by atoms with Gasteiger partial charge < -0.3 is 10.6 Å². The van der Waals surface area contributed by atoms with E-state index in [0.717, 1.165) is 38.2 Å². The summed E-state index contributed by atoms with van der Waals surface area (Å²) in [4.78, 5) is 6.81. The van der Waals surface area contributed by atoms with Gasteiger partial charge in [-0.05, 0) is 44.2 Å². The summed E-state index contributed by atoms with van der Waals surface area (Å²) in [5, 5.41) is 6.78. The first-order valence-corrected chi connectivity index (χ1v) is 8.88. The Morgan fingerprint density at radius 3 is 2.58 bits per heavy atom. The van der Waals surface area contributed by atoms with E-state index in [1.54, 1.807) is 0 Å². The van der Waals surface area contributed by atoms with E-state index in [1.165, 1.54) is 31.4 Å². The average molecular weight is 286 g/mol. The number of rotatable bonds is 10. The van der Waals surface area contributed by atoms with Crippen LogP contribution >= 0.6 is 11.8 Å². The van der Waals surface area contributed by atoms with Crippen LogP contribution < -0.4 is 10.6 Å². The summed E-state index contributed by atoms with van der Waals surface area (Å²) in [6.45, 7) is 6.52. The minimum absolute atomic E-state index is 0.855. The molecule has 0 aromatic heterocycles. The Hall–Kier alpha value is -0.420. The predicted molar refractivity (Wildman–Crippen MR) is 87.2 cm³/mol. The Kier molecular flexibility index (Phi) is 9.08. The molecule has 0 aromatic rings. The van der Waals surface area contributed by atoms with E-state index >= 15 is 0 Å². The smallest absolute Gasteiger partial charge is 0.191 e. The fourth-order valence-electron chi connectivity index (χ4n) is 2.16. The zero-order valence-electron chi connectivity index (χ0n) is 12.7. The second kappa shape index (κ2) is 10.4. The van der Waals surface area contributed by atoms with Crippen LogP contribution in [0.2, 0.25) is 0 Å². The first-order valence-electron chi connectivity index (χ1n) is 7.49. The number of aliphatic imine (C=N–C) groups is 1. The molecule has 0 aliphatic heterocycles. The maximum atomic E-state index is 4.26. The van der Waals surface area contributed by atoms with Crippen LogP contribution in [0.4, 0.5) is 0 Å². The quantitative estimate of drug-likeness (QED) is 0.365. The molecule has 0 atom stereocenters. The number of nitrogens with one attached hydrogen (secondary N) is 2. The van der Waals surface area contributed by atoms with Crippen LogP contribution in [0, 0.1) is 0 Å². The molecule has 0 unspecified atom stereocenters. The van der Waals surface area contributed by atoms with Gasteiger partial charge in [0, 0.05) is 32.7 Å². The van der Waals surface area contributed by atoms with Gasteiger partial charge in [-0.2, -0.15) is 11.8 Å². The molecule has 0 saturated heterocycles. The fraction of sp³-hybridized carbons (Fsp3) is 0.929. The molecule has 2 N–H and O–H groups in total. The van der Waals surface area contributed by atoms with Crippen molar-refractivity contribution in [1.29, 1.82) is 0 Å². The molecule has 0 amide bonds. The minimum Gasteiger partial charge on any atom is -0.356 e. The minimum atomic E-state index is 0.855. The van der Waals surface area contributed by atoms with Crippen molar-refractivity contribution in [3.63, 3.8) is 0 Å². The number of hydrogen-bond acceptors (Lipinski definition) is 3. The summed E-state index contributed by atoms with van der Waals surface area (Å²) in [5.74, 6) is 2.19. The van der Waals surface area contributed by atoms with E-state index in [9.17, 15) is 0 Å². The van der Waals surface area contributed by atoms with Gasteiger partial charge in [-0.25, -0.2) is 0 Å². The molecule has 0 bridgehead atoms. The molecule has 0 spiro atoms. The third-order valence-electron chi connectivity index (χ3n) is 3.45. The molecule has 1 rings (SSSR count). The summed E-state index contributed by atoms with van der Waals surface area (Å²) in [5.41, 5.74) is 0. The topological polar surface area (TPSA) is 39.7 Å². The molecule has 1 aliphatic carbocycles. The number of unbranched alkanes of at least 4 members (excludes halogenated alkanes) is 1. The van der Waals surface area contributed by atoms with Crippen LogP contribution in [0.3, 0.4) is 0 Å². The van der Waals surface area contributed by atoms with Crippen LogP contribution in [0.15, 0.2) is 4.99 Å². The van der Waals surface area contributed by atoms with Gasteiger partial charge in [0.05, 0.1) is 0 Å². The number of nitrogens with zero attached hydrogens (tertiary/aromatic N) is 2. The van der Waals surface area contributed by atoms with Crippen molar-refractivity contribution in [2.24, 2.45) is 4.99 Å². The molecule has 112 valence electrons. The largest absolute Gasteiger partial charge is 0.356 e. The molecule has 0 aromatic carbocycles. The molecule has 1 aliphatic rings. The fourth-order valence-corrected chi connectivity index (χ4v) is 2.65. The SMILES string of the molecule is CCN(CCNC(=NC)NCCCCSC)C1CC1. The summed E-state index contributed by atoms with van der Waals surface area (Å²) in [6, 6.07) is 0.855.